The molecular formula is C13H14ClN3S. The maximum Gasteiger partial charge on any atom is 0.138 e. The zero-order valence-corrected chi connectivity index (χ0v) is 11.6. The van der Waals surface area contributed by atoms with Crippen LogP contribution in [-0.4, -0.2) is 17.0 Å². The molecule has 0 saturated carbocycles. The third-order valence-electron chi connectivity index (χ3n) is 2.32. The van der Waals surface area contributed by atoms with Gasteiger partial charge in [-0.25, -0.2) is 9.97 Å². The van der Waals surface area contributed by atoms with Crippen LogP contribution in [0.25, 0.3) is 0 Å². The van der Waals surface area contributed by atoms with Crippen LogP contribution in [0.4, 0.5) is 0 Å². The van der Waals surface area contributed by atoms with Gasteiger partial charge in [-0.05, 0) is 31.3 Å². The van der Waals surface area contributed by atoms with Gasteiger partial charge in [-0.1, -0.05) is 11.6 Å². The van der Waals surface area contributed by atoms with Gasteiger partial charge in [0.2, 0.25) is 0 Å². The summed E-state index contributed by atoms with van der Waals surface area (Å²) < 4.78 is 0. The van der Waals surface area contributed by atoms with Crippen LogP contribution in [0.1, 0.15) is 11.4 Å². The Kier molecular flexibility index (Phi) is 4.99. The molecule has 94 valence electrons. The molecule has 1 heterocycles. The van der Waals surface area contributed by atoms with Crippen LogP contribution in [0.5, 0.6) is 0 Å². The molecule has 0 radical (unpaired) electrons. The summed E-state index contributed by atoms with van der Waals surface area (Å²) in [6.07, 6.45) is 3.72. The van der Waals surface area contributed by atoms with Crippen molar-refractivity contribution in [2.24, 2.45) is 0 Å². The molecule has 5 heteroatoms. The Bertz CT molecular complexity index is 485. The summed E-state index contributed by atoms with van der Waals surface area (Å²) in [5.41, 5.74) is 1.10. The topological polar surface area (TPSA) is 37.8 Å². The summed E-state index contributed by atoms with van der Waals surface area (Å²) in [7, 11) is 1.91. The van der Waals surface area contributed by atoms with E-state index in [1.54, 1.807) is 11.8 Å². The third kappa shape index (κ3) is 3.98. The van der Waals surface area contributed by atoms with Gasteiger partial charge in [0.15, 0.2) is 0 Å². The van der Waals surface area contributed by atoms with E-state index in [0.29, 0.717) is 0 Å². The van der Waals surface area contributed by atoms with Crippen molar-refractivity contribution in [3.63, 3.8) is 0 Å². The molecule has 0 bridgehead atoms. The van der Waals surface area contributed by atoms with E-state index < -0.39 is 0 Å². The first-order chi connectivity index (χ1) is 8.78. The van der Waals surface area contributed by atoms with Gasteiger partial charge in [0.05, 0.1) is 5.75 Å². The van der Waals surface area contributed by atoms with Gasteiger partial charge in [0.25, 0.3) is 0 Å². The number of benzene rings is 1. The smallest absolute Gasteiger partial charge is 0.138 e. The molecule has 0 amide bonds. The van der Waals surface area contributed by atoms with Crippen LogP contribution in [0.2, 0.25) is 5.02 Å². The summed E-state index contributed by atoms with van der Waals surface area (Å²) in [5.74, 6) is 1.61. The minimum Gasteiger partial charge on any atom is -0.316 e. The Hall–Kier alpha value is -1.10. The zero-order valence-electron chi connectivity index (χ0n) is 10.1. The molecule has 2 rings (SSSR count). The number of halogens is 1. The molecule has 1 N–H and O–H groups in total. The van der Waals surface area contributed by atoms with Crippen molar-refractivity contribution in [1.82, 2.24) is 15.3 Å². The first-order valence-corrected chi connectivity index (χ1v) is 6.97. The van der Waals surface area contributed by atoms with Crippen molar-refractivity contribution in [3.05, 3.63) is 53.1 Å². The quantitative estimate of drug-likeness (QED) is 0.854. The Morgan fingerprint density at radius 3 is 2.44 bits per heavy atom. The van der Waals surface area contributed by atoms with Crippen molar-refractivity contribution < 1.29 is 0 Å². The lowest BCUT2D eigenvalue weighted by Gasteiger charge is -2.02. The molecule has 0 unspecified atom stereocenters. The summed E-state index contributed by atoms with van der Waals surface area (Å²) in [6, 6.07) is 7.78. The Morgan fingerprint density at radius 1 is 1.17 bits per heavy atom. The molecule has 18 heavy (non-hydrogen) atoms. The van der Waals surface area contributed by atoms with Crippen LogP contribution in [0.15, 0.2) is 41.6 Å². The average Bonchev–Trinajstić information content (AvgIpc) is 2.40. The standard InChI is InChI=1S/C13H14ClN3S/c1-15-6-10-7-16-13(17-8-10)9-18-12-4-2-11(14)3-5-12/h2-5,7-8,15H,6,9H2,1H3. The Labute approximate surface area is 116 Å². The van der Waals surface area contributed by atoms with Crippen LogP contribution in [0.3, 0.4) is 0 Å². The second kappa shape index (κ2) is 6.73. The highest BCUT2D eigenvalue weighted by Crippen LogP contribution is 2.22. The van der Waals surface area contributed by atoms with Gasteiger partial charge in [0.1, 0.15) is 5.82 Å². The van der Waals surface area contributed by atoms with Gasteiger partial charge in [-0.2, -0.15) is 0 Å². The Balaban J connectivity index is 1.91. The van der Waals surface area contributed by atoms with Crippen molar-refractivity contribution in [2.45, 2.75) is 17.2 Å². The fraction of sp³-hybridized carbons (Fsp3) is 0.231. The van der Waals surface area contributed by atoms with Crippen molar-refractivity contribution in [1.29, 1.82) is 0 Å². The molecule has 3 nitrogen and oxygen atoms in total. The lowest BCUT2D eigenvalue weighted by Crippen LogP contribution is -2.06. The highest BCUT2D eigenvalue weighted by molar-refractivity contribution is 7.98. The monoisotopic (exact) mass is 279 g/mol. The van der Waals surface area contributed by atoms with E-state index in [9.17, 15) is 0 Å². The first kappa shape index (κ1) is 13.3. The minimum absolute atomic E-state index is 0.756. The van der Waals surface area contributed by atoms with Gasteiger partial charge in [0, 0.05) is 34.4 Å². The fourth-order valence-corrected chi connectivity index (χ4v) is 2.33. The molecule has 0 saturated heterocycles. The van der Waals surface area contributed by atoms with E-state index >= 15 is 0 Å². The maximum atomic E-state index is 5.84. The molecule has 0 aliphatic carbocycles. The fourth-order valence-electron chi connectivity index (χ4n) is 1.43. The highest BCUT2D eigenvalue weighted by atomic mass is 35.5. The van der Waals surface area contributed by atoms with Gasteiger partial charge >= 0.3 is 0 Å². The number of thioether (sulfide) groups is 1. The van der Waals surface area contributed by atoms with E-state index in [1.165, 1.54) is 4.90 Å². The van der Waals surface area contributed by atoms with Gasteiger partial charge < -0.3 is 5.32 Å². The second-order valence-electron chi connectivity index (χ2n) is 3.78. The number of rotatable bonds is 5. The van der Waals surface area contributed by atoms with E-state index in [2.05, 4.69) is 15.3 Å². The molecular weight excluding hydrogens is 266 g/mol. The van der Waals surface area contributed by atoms with Crippen LogP contribution in [-0.2, 0) is 12.3 Å². The molecule has 0 fully saturated rings. The second-order valence-corrected chi connectivity index (χ2v) is 5.27. The van der Waals surface area contributed by atoms with E-state index in [-0.39, 0.29) is 0 Å². The molecule has 0 atom stereocenters. The molecule has 2 aromatic rings. The number of hydrogen-bond donors (Lipinski definition) is 1. The summed E-state index contributed by atoms with van der Waals surface area (Å²) in [6.45, 7) is 0.796. The van der Waals surface area contributed by atoms with Crippen LogP contribution in [0, 0.1) is 0 Å². The number of aromatic nitrogens is 2. The number of nitrogens with zero attached hydrogens (tertiary/aromatic N) is 2. The minimum atomic E-state index is 0.756. The predicted molar refractivity (Wildman–Crippen MR) is 75.8 cm³/mol. The van der Waals surface area contributed by atoms with Crippen LogP contribution >= 0.6 is 23.4 Å². The maximum absolute atomic E-state index is 5.84. The zero-order chi connectivity index (χ0) is 12.8. The molecule has 0 aliphatic heterocycles. The summed E-state index contributed by atoms with van der Waals surface area (Å²) in [5, 5.41) is 3.83. The molecule has 0 spiro atoms. The Morgan fingerprint density at radius 2 is 1.83 bits per heavy atom. The van der Waals surface area contributed by atoms with Gasteiger partial charge in [-0.3, -0.25) is 0 Å². The van der Waals surface area contributed by atoms with E-state index in [1.807, 2.05) is 43.7 Å². The van der Waals surface area contributed by atoms with E-state index in [0.717, 1.165) is 28.7 Å². The number of hydrogen-bond acceptors (Lipinski definition) is 4. The molecule has 0 aliphatic rings. The third-order valence-corrected chi connectivity index (χ3v) is 3.58. The normalized spacial score (nSPS) is 10.6. The first-order valence-electron chi connectivity index (χ1n) is 5.60. The number of nitrogens with one attached hydrogen (secondary N) is 1. The lowest BCUT2D eigenvalue weighted by molar-refractivity contribution is 0.801. The van der Waals surface area contributed by atoms with Gasteiger partial charge in [-0.15, -0.1) is 11.8 Å². The van der Waals surface area contributed by atoms with Crippen molar-refractivity contribution in [3.8, 4) is 0 Å². The predicted octanol–water partition coefficient (Wildman–Crippen LogP) is 3.14. The SMILES string of the molecule is CNCc1cnc(CSc2ccc(Cl)cc2)nc1. The summed E-state index contributed by atoms with van der Waals surface area (Å²) in [4.78, 5) is 9.83. The largest absolute Gasteiger partial charge is 0.316 e. The van der Waals surface area contributed by atoms with Crippen LogP contribution < -0.4 is 5.32 Å². The van der Waals surface area contributed by atoms with Crippen molar-refractivity contribution in [2.75, 3.05) is 7.05 Å². The molecule has 1 aromatic heterocycles. The molecule has 1 aromatic carbocycles. The van der Waals surface area contributed by atoms with E-state index in [4.69, 9.17) is 11.6 Å². The highest BCUT2D eigenvalue weighted by Gasteiger charge is 2.00. The van der Waals surface area contributed by atoms with Crippen molar-refractivity contribution >= 4 is 23.4 Å². The summed E-state index contributed by atoms with van der Waals surface area (Å²) >= 11 is 7.54. The lowest BCUT2D eigenvalue weighted by atomic mass is 10.3. The average molecular weight is 280 g/mol.